The number of ether oxygens (including phenoxy) is 1. The minimum Gasteiger partial charge on any atom is -0.496 e. The molecule has 1 aromatic heterocycles. The second kappa shape index (κ2) is 6.42. The molecular formula is C12H10ClN3O4S. The molecule has 7 nitrogen and oxygen atoms in total. The molecule has 1 aromatic carbocycles. The summed E-state index contributed by atoms with van der Waals surface area (Å²) in [5.74, 6) is -1.08. The highest BCUT2D eigenvalue weighted by Crippen LogP contribution is 2.31. The number of thiazole rings is 1. The number of aromatic nitrogens is 1. The smallest absolute Gasteiger partial charge is 0.339 e. The van der Waals surface area contributed by atoms with Crippen LogP contribution in [0.15, 0.2) is 23.7 Å². The van der Waals surface area contributed by atoms with Gasteiger partial charge in [-0.25, -0.2) is 14.6 Å². The van der Waals surface area contributed by atoms with Crippen LogP contribution in [0.3, 0.4) is 0 Å². The van der Waals surface area contributed by atoms with Crippen LogP contribution in [0.1, 0.15) is 10.4 Å². The van der Waals surface area contributed by atoms with Crippen molar-refractivity contribution < 1.29 is 19.4 Å². The molecule has 2 rings (SSSR count). The van der Waals surface area contributed by atoms with Crippen LogP contribution in [-0.4, -0.2) is 29.2 Å². The van der Waals surface area contributed by atoms with E-state index >= 15 is 0 Å². The van der Waals surface area contributed by atoms with Crippen LogP contribution >= 0.6 is 22.9 Å². The second-order valence-corrected chi connectivity index (χ2v) is 5.06. The van der Waals surface area contributed by atoms with Crippen molar-refractivity contribution in [3.05, 3.63) is 34.3 Å². The van der Waals surface area contributed by atoms with E-state index in [1.807, 2.05) is 0 Å². The van der Waals surface area contributed by atoms with Crippen molar-refractivity contribution in [1.82, 2.24) is 4.98 Å². The Hall–Kier alpha value is -2.32. The molecule has 0 aliphatic heterocycles. The highest BCUT2D eigenvalue weighted by molar-refractivity contribution is 7.13. The average molecular weight is 328 g/mol. The number of carbonyl (C=O) groups excluding carboxylic acids is 1. The number of nitrogens with one attached hydrogen (secondary N) is 2. The summed E-state index contributed by atoms with van der Waals surface area (Å²) >= 11 is 7.22. The van der Waals surface area contributed by atoms with Crippen LogP contribution in [0.5, 0.6) is 5.75 Å². The highest BCUT2D eigenvalue weighted by Gasteiger charge is 2.16. The number of carbonyl (C=O) groups is 2. The van der Waals surface area contributed by atoms with Crippen LogP contribution in [0.2, 0.25) is 5.02 Å². The number of methoxy groups -OCH3 is 1. The summed E-state index contributed by atoms with van der Waals surface area (Å²) in [6.07, 6.45) is 1.55. The lowest BCUT2D eigenvalue weighted by molar-refractivity contribution is 0.0693. The molecule has 0 bridgehead atoms. The summed E-state index contributed by atoms with van der Waals surface area (Å²) < 4.78 is 4.97. The molecule has 0 fully saturated rings. The molecular weight excluding hydrogens is 318 g/mol. The Morgan fingerprint density at radius 1 is 1.38 bits per heavy atom. The molecule has 3 N–H and O–H groups in total. The SMILES string of the molecule is COc1cc(NC(=O)Nc2nccs2)c(Cl)cc1C(=O)O. The Balaban J connectivity index is 2.20. The van der Waals surface area contributed by atoms with Crippen molar-refractivity contribution >= 4 is 45.8 Å². The van der Waals surface area contributed by atoms with E-state index in [2.05, 4.69) is 15.6 Å². The fraction of sp³-hybridized carbons (Fsp3) is 0.0833. The molecule has 0 saturated heterocycles. The number of benzene rings is 1. The highest BCUT2D eigenvalue weighted by atomic mass is 35.5. The van der Waals surface area contributed by atoms with Crippen molar-refractivity contribution in [3.63, 3.8) is 0 Å². The van der Waals surface area contributed by atoms with Crippen LogP contribution in [-0.2, 0) is 0 Å². The van der Waals surface area contributed by atoms with Crippen molar-refractivity contribution in [2.24, 2.45) is 0 Å². The number of anilines is 2. The molecule has 21 heavy (non-hydrogen) atoms. The van der Waals surface area contributed by atoms with Gasteiger partial charge in [0.2, 0.25) is 0 Å². The predicted molar refractivity (Wildman–Crippen MR) is 79.7 cm³/mol. The van der Waals surface area contributed by atoms with Crippen LogP contribution in [0.4, 0.5) is 15.6 Å². The largest absolute Gasteiger partial charge is 0.496 e. The maximum atomic E-state index is 11.8. The monoisotopic (exact) mass is 327 g/mol. The molecule has 0 saturated carbocycles. The van der Waals surface area contributed by atoms with Crippen LogP contribution < -0.4 is 15.4 Å². The van der Waals surface area contributed by atoms with Gasteiger partial charge < -0.3 is 15.2 Å². The van der Waals surface area contributed by atoms with E-state index in [0.717, 1.165) is 0 Å². The molecule has 9 heteroatoms. The minimum absolute atomic E-state index is 0.0856. The quantitative estimate of drug-likeness (QED) is 0.800. The molecule has 1 heterocycles. The molecule has 2 aromatic rings. The average Bonchev–Trinajstić information content (AvgIpc) is 2.93. The number of carboxylic acid groups (broad SMARTS) is 1. The van der Waals surface area contributed by atoms with Gasteiger partial charge in [-0.3, -0.25) is 5.32 Å². The van der Waals surface area contributed by atoms with Gasteiger partial charge in [-0.2, -0.15) is 0 Å². The Morgan fingerprint density at radius 2 is 2.14 bits per heavy atom. The Morgan fingerprint density at radius 3 is 2.71 bits per heavy atom. The summed E-state index contributed by atoms with van der Waals surface area (Å²) in [5, 5.41) is 16.3. The fourth-order valence-corrected chi connectivity index (χ4v) is 2.26. The number of hydrogen-bond acceptors (Lipinski definition) is 5. The zero-order valence-electron chi connectivity index (χ0n) is 10.7. The fourth-order valence-electron chi connectivity index (χ4n) is 1.52. The van der Waals surface area contributed by atoms with E-state index in [0.29, 0.717) is 5.13 Å². The third-order valence-corrected chi connectivity index (χ3v) is 3.42. The summed E-state index contributed by atoms with van der Waals surface area (Å²) in [6.45, 7) is 0. The summed E-state index contributed by atoms with van der Waals surface area (Å²) in [7, 11) is 1.33. The first-order valence-electron chi connectivity index (χ1n) is 5.59. The molecule has 110 valence electrons. The number of halogens is 1. The third-order valence-electron chi connectivity index (χ3n) is 2.42. The molecule has 0 spiro atoms. The molecule has 0 aliphatic carbocycles. The number of amides is 2. The Bertz CT molecular complexity index is 675. The molecule has 2 amide bonds. The summed E-state index contributed by atoms with van der Waals surface area (Å²) in [5.41, 5.74) is 0.140. The van der Waals surface area contributed by atoms with Crippen LogP contribution in [0.25, 0.3) is 0 Å². The van der Waals surface area contributed by atoms with Crippen molar-refractivity contribution in [2.45, 2.75) is 0 Å². The summed E-state index contributed by atoms with van der Waals surface area (Å²) in [4.78, 5) is 26.7. The van der Waals surface area contributed by atoms with Crippen LogP contribution in [0, 0.1) is 0 Å². The molecule has 0 aliphatic rings. The van der Waals surface area contributed by atoms with E-state index in [1.54, 1.807) is 11.6 Å². The first-order chi connectivity index (χ1) is 10.0. The number of urea groups is 1. The molecule has 0 atom stereocenters. The predicted octanol–water partition coefficient (Wildman–Crippen LogP) is 3.15. The van der Waals surface area contributed by atoms with E-state index in [9.17, 15) is 9.59 Å². The van der Waals surface area contributed by atoms with Gasteiger partial charge >= 0.3 is 12.0 Å². The number of rotatable bonds is 4. The van der Waals surface area contributed by atoms with Gasteiger partial charge in [0, 0.05) is 17.6 Å². The van der Waals surface area contributed by atoms with E-state index < -0.39 is 12.0 Å². The first kappa shape index (κ1) is 15.1. The van der Waals surface area contributed by atoms with Gasteiger partial charge in [0.25, 0.3) is 0 Å². The topological polar surface area (TPSA) is 101 Å². The lowest BCUT2D eigenvalue weighted by Gasteiger charge is -2.11. The summed E-state index contributed by atoms with van der Waals surface area (Å²) in [6, 6.07) is 2.01. The Labute approximate surface area is 128 Å². The van der Waals surface area contributed by atoms with E-state index in [1.165, 1.54) is 30.6 Å². The van der Waals surface area contributed by atoms with Gasteiger partial charge in [-0.1, -0.05) is 11.6 Å². The normalized spacial score (nSPS) is 10.0. The second-order valence-electron chi connectivity index (χ2n) is 3.75. The van der Waals surface area contributed by atoms with Crippen molar-refractivity contribution in [2.75, 3.05) is 17.7 Å². The lowest BCUT2D eigenvalue weighted by Crippen LogP contribution is -2.19. The zero-order chi connectivity index (χ0) is 15.4. The number of carboxylic acids is 1. The molecule has 0 radical (unpaired) electrons. The maximum absolute atomic E-state index is 11.8. The van der Waals surface area contributed by atoms with Gasteiger partial charge in [0.15, 0.2) is 5.13 Å². The standard InChI is InChI=1S/C12H10ClN3O4S/c1-20-9-5-8(7(13)4-6(9)10(17)18)15-11(19)16-12-14-2-3-21-12/h2-5H,1H3,(H,17,18)(H2,14,15,16,19). The van der Waals surface area contributed by atoms with Gasteiger partial charge in [0.1, 0.15) is 11.3 Å². The van der Waals surface area contributed by atoms with Gasteiger partial charge in [-0.15, -0.1) is 11.3 Å². The van der Waals surface area contributed by atoms with Crippen molar-refractivity contribution in [3.8, 4) is 5.75 Å². The van der Waals surface area contributed by atoms with Gasteiger partial charge in [0.05, 0.1) is 17.8 Å². The number of nitrogens with zero attached hydrogens (tertiary/aromatic N) is 1. The number of aromatic carboxylic acids is 1. The third kappa shape index (κ3) is 3.61. The minimum atomic E-state index is -1.17. The maximum Gasteiger partial charge on any atom is 0.339 e. The van der Waals surface area contributed by atoms with E-state index in [-0.39, 0.29) is 22.0 Å². The van der Waals surface area contributed by atoms with Gasteiger partial charge in [-0.05, 0) is 6.07 Å². The van der Waals surface area contributed by atoms with Crippen molar-refractivity contribution in [1.29, 1.82) is 0 Å². The zero-order valence-corrected chi connectivity index (χ0v) is 12.3. The number of hydrogen-bond donors (Lipinski definition) is 3. The first-order valence-corrected chi connectivity index (χ1v) is 6.85. The van der Waals surface area contributed by atoms with E-state index in [4.69, 9.17) is 21.4 Å². The molecule has 0 unspecified atom stereocenters. The Kier molecular flexibility index (Phi) is 4.61. The lowest BCUT2D eigenvalue weighted by atomic mass is 10.2.